The molecule has 0 amide bonds. The summed E-state index contributed by atoms with van der Waals surface area (Å²) in [4.78, 5) is 4.63. The van der Waals surface area contributed by atoms with Crippen LogP contribution >= 0.6 is 24.0 Å². The first-order chi connectivity index (χ1) is 7.79. The van der Waals surface area contributed by atoms with Crippen molar-refractivity contribution >= 4 is 24.0 Å². The van der Waals surface area contributed by atoms with E-state index in [1.807, 2.05) is 0 Å². The lowest BCUT2D eigenvalue weighted by Crippen LogP contribution is -1.85. The molecule has 2 aromatic rings. The Bertz CT molecular complexity index is 445. The van der Waals surface area contributed by atoms with Gasteiger partial charge in [0.05, 0.1) is 10.7 Å². The van der Waals surface area contributed by atoms with Crippen molar-refractivity contribution in [3.63, 3.8) is 0 Å². The third-order valence-electron chi connectivity index (χ3n) is 2.45. The van der Waals surface area contributed by atoms with Crippen LogP contribution in [0.3, 0.4) is 0 Å². The molecule has 0 saturated heterocycles. The summed E-state index contributed by atoms with van der Waals surface area (Å²) in [5.41, 5.74) is 3.59. The first-order valence-corrected chi connectivity index (χ1v) is 6.93. The zero-order chi connectivity index (χ0) is 11.4. The Labute approximate surface area is 106 Å². The van der Waals surface area contributed by atoms with Crippen molar-refractivity contribution < 1.29 is 0 Å². The number of rotatable bonds is 4. The van der Waals surface area contributed by atoms with E-state index in [1.54, 1.807) is 11.3 Å². The fourth-order valence-electron chi connectivity index (χ4n) is 1.51. The summed E-state index contributed by atoms with van der Waals surface area (Å²) in [6, 6.07) is 8.52. The van der Waals surface area contributed by atoms with E-state index in [4.69, 9.17) is 0 Å². The van der Waals surface area contributed by atoms with E-state index in [2.05, 4.69) is 54.2 Å². The highest BCUT2D eigenvalue weighted by Crippen LogP contribution is 2.22. The van der Waals surface area contributed by atoms with Gasteiger partial charge in [-0.2, -0.15) is 12.6 Å². The summed E-state index contributed by atoms with van der Waals surface area (Å²) in [7, 11) is 0. The normalized spacial score (nSPS) is 10.6. The van der Waals surface area contributed by atoms with E-state index in [0.717, 1.165) is 24.3 Å². The fraction of sp³-hybridized carbons (Fsp3) is 0.308. The highest BCUT2D eigenvalue weighted by Gasteiger charge is 2.03. The molecule has 1 heterocycles. The third-order valence-corrected chi connectivity index (χ3v) is 3.67. The second-order valence-corrected chi connectivity index (χ2v) is 5.21. The second-order valence-electron chi connectivity index (χ2n) is 3.82. The molecule has 16 heavy (non-hydrogen) atoms. The van der Waals surface area contributed by atoms with Crippen molar-refractivity contribution in [1.82, 2.24) is 4.98 Å². The number of hydrogen-bond donors (Lipinski definition) is 1. The van der Waals surface area contributed by atoms with Gasteiger partial charge in [0.15, 0.2) is 0 Å². The molecule has 0 saturated carbocycles. The van der Waals surface area contributed by atoms with Gasteiger partial charge in [-0.3, -0.25) is 0 Å². The molecule has 1 aromatic heterocycles. The lowest BCUT2D eigenvalue weighted by atomic mass is 10.1. The average molecular weight is 249 g/mol. The molecule has 0 unspecified atom stereocenters. The highest BCUT2D eigenvalue weighted by molar-refractivity contribution is 7.80. The molecular weight excluding hydrogens is 234 g/mol. The molecule has 1 nitrogen and oxygen atoms in total. The van der Waals surface area contributed by atoms with E-state index in [9.17, 15) is 0 Å². The number of thiol groups is 1. The fourth-order valence-corrected chi connectivity index (χ4v) is 2.52. The van der Waals surface area contributed by atoms with Crippen LogP contribution in [-0.2, 0) is 6.42 Å². The van der Waals surface area contributed by atoms with Crippen molar-refractivity contribution in [2.75, 3.05) is 5.75 Å². The maximum atomic E-state index is 4.63. The molecule has 0 N–H and O–H groups in total. The van der Waals surface area contributed by atoms with E-state index in [-0.39, 0.29) is 0 Å². The molecule has 0 radical (unpaired) electrons. The van der Waals surface area contributed by atoms with Crippen LogP contribution in [0.25, 0.3) is 11.3 Å². The van der Waals surface area contributed by atoms with Crippen LogP contribution in [0, 0.1) is 6.92 Å². The topological polar surface area (TPSA) is 12.9 Å². The van der Waals surface area contributed by atoms with Crippen LogP contribution in [0.15, 0.2) is 29.6 Å². The zero-order valence-corrected chi connectivity index (χ0v) is 11.0. The minimum atomic E-state index is 0.930. The maximum Gasteiger partial charge on any atom is 0.0932 e. The number of nitrogens with zero attached hydrogens (tertiary/aromatic N) is 1. The zero-order valence-electron chi connectivity index (χ0n) is 9.31. The number of thiazole rings is 1. The minimum Gasteiger partial charge on any atom is -0.241 e. The summed E-state index contributed by atoms with van der Waals surface area (Å²) in [6.07, 6.45) is 2.14. The average Bonchev–Trinajstić information content (AvgIpc) is 2.76. The van der Waals surface area contributed by atoms with Crippen molar-refractivity contribution in [2.45, 2.75) is 19.8 Å². The lowest BCUT2D eigenvalue weighted by molar-refractivity contribution is 0.923. The van der Waals surface area contributed by atoms with E-state index in [0.29, 0.717) is 0 Å². The second kappa shape index (κ2) is 5.51. The Morgan fingerprint density at radius 2 is 2.00 bits per heavy atom. The van der Waals surface area contributed by atoms with Gasteiger partial charge in [-0.15, -0.1) is 11.3 Å². The first kappa shape index (κ1) is 11.7. The monoisotopic (exact) mass is 249 g/mol. The smallest absolute Gasteiger partial charge is 0.0932 e. The number of aromatic nitrogens is 1. The molecule has 0 spiro atoms. The summed E-state index contributed by atoms with van der Waals surface area (Å²) in [5, 5.41) is 3.35. The molecule has 0 aliphatic carbocycles. The Hall–Kier alpha value is -0.800. The van der Waals surface area contributed by atoms with Crippen LogP contribution in [0.4, 0.5) is 0 Å². The quantitative estimate of drug-likeness (QED) is 0.809. The SMILES string of the molecule is Cc1ccc(-c2csc(CCCS)n2)cc1. The van der Waals surface area contributed by atoms with Gasteiger partial charge >= 0.3 is 0 Å². The molecule has 0 bridgehead atoms. The first-order valence-electron chi connectivity index (χ1n) is 5.42. The van der Waals surface area contributed by atoms with Crippen molar-refractivity contribution in [3.8, 4) is 11.3 Å². The summed E-state index contributed by atoms with van der Waals surface area (Å²) in [6.45, 7) is 2.10. The maximum absolute atomic E-state index is 4.63. The molecule has 0 fully saturated rings. The highest BCUT2D eigenvalue weighted by atomic mass is 32.1. The summed E-state index contributed by atoms with van der Waals surface area (Å²) >= 11 is 5.96. The molecule has 84 valence electrons. The minimum absolute atomic E-state index is 0.930. The Morgan fingerprint density at radius 1 is 1.25 bits per heavy atom. The summed E-state index contributed by atoms with van der Waals surface area (Å²) in [5.74, 6) is 0.930. The Morgan fingerprint density at radius 3 is 2.69 bits per heavy atom. The van der Waals surface area contributed by atoms with E-state index < -0.39 is 0 Å². The molecule has 0 atom stereocenters. The predicted octanol–water partition coefficient (Wildman–Crippen LogP) is 3.98. The molecule has 3 heteroatoms. The molecule has 0 aliphatic heterocycles. The van der Waals surface area contributed by atoms with Gasteiger partial charge in [0.1, 0.15) is 0 Å². The van der Waals surface area contributed by atoms with Gasteiger partial charge in [-0.25, -0.2) is 4.98 Å². The van der Waals surface area contributed by atoms with Gasteiger partial charge in [-0.05, 0) is 19.1 Å². The van der Waals surface area contributed by atoms with Gasteiger partial charge in [0, 0.05) is 17.4 Å². The molecule has 0 aliphatic rings. The third kappa shape index (κ3) is 2.86. The molecular formula is C13H15NS2. The van der Waals surface area contributed by atoms with Gasteiger partial charge in [0.2, 0.25) is 0 Å². The van der Waals surface area contributed by atoms with Crippen LogP contribution in [0.5, 0.6) is 0 Å². The predicted molar refractivity (Wildman–Crippen MR) is 74.5 cm³/mol. The number of aryl methyl sites for hydroxylation is 2. The van der Waals surface area contributed by atoms with Crippen LogP contribution in [0.2, 0.25) is 0 Å². The standard InChI is InChI=1S/C13H15NS2/c1-10-4-6-11(7-5-10)12-9-16-13(14-12)3-2-8-15/h4-7,9,15H,2-3,8H2,1H3. The molecule has 2 rings (SSSR count). The lowest BCUT2D eigenvalue weighted by Gasteiger charge is -1.97. The van der Waals surface area contributed by atoms with Crippen LogP contribution < -0.4 is 0 Å². The summed E-state index contributed by atoms with van der Waals surface area (Å²) < 4.78 is 0. The van der Waals surface area contributed by atoms with Gasteiger partial charge < -0.3 is 0 Å². The number of hydrogen-bond acceptors (Lipinski definition) is 3. The van der Waals surface area contributed by atoms with Gasteiger partial charge in [0.25, 0.3) is 0 Å². The Balaban J connectivity index is 2.15. The van der Waals surface area contributed by atoms with Gasteiger partial charge in [-0.1, -0.05) is 29.8 Å². The number of benzene rings is 1. The van der Waals surface area contributed by atoms with Crippen LogP contribution in [0.1, 0.15) is 17.0 Å². The van der Waals surface area contributed by atoms with Crippen molar-refractivity contribution in [3.05, 3.63) is 40.2 Å². The Kier molecular flexibility index (Phi) is 4.02. The molecule has 1 aromatic carbocycles. The van der Waals surface area contributed by atoms with Crippen LogP contribution in [-0.4, -0.2) is 10.7 Å². The van der Waals surface area contributed by atoms with E-state index in [1.165, 1.54) is 16.1 Å². The van der Waals surface area contributed by atoms with Crippen molar-refractivity contribution in [2.24, 2.45) is 0 Å². The van der Waals surface area contributed by atoms with E-state index >= 15 is 0 Å². The largest absolute Gasteiger partial charge is 0.241 e. The van der Waals surface area contributed by atoms with Crippen molar-refractivity contribution in [1.29, 1.82) is 0 Å².